The van der Waals surface area contributed by atoms with E-state index in [0.717, 1.165) is 31.2 Å². The Hall–Kier alpha value is -3.48. The average Bonchev–Trinajstić information content (AvgIpc) is 2.78. The summed E-state index contributed by atoms with van der Waals surface area (Å²) in [5.74, 6) is -0.171. The van der Waals surface area contributed by atoms with E-state index in [0.29, 0.717) is 18.5 Å². The molecule has 0 fully saturated rings. The van der Waals surface area contributed by atoms with Crippen molar-refractivity contribution in [2.75, 3.05) is 6.54 Å². The largest absolute Gasteiger partial charge is 0.403 e. The van der Waals surface area contributed by atoms with Gasteiger partial charge in [-0.3, -0.25) is 15.1 Å². The molecule has 1 atom stereocenters. The van der Waals surface area contributed by atoms with E-state index in [-0.39, 0.29) is 17.6 Å². The Labute approximate surface area is 173 Å². The number of nitro benzene ring substituents is 1. The molecule has 2 aromatic rings. The van der Waals surface area contributed by atoms with Crippen molar-refractivity contribution >= 4 is 17.6 Å². The van der Waals surface area contributed by atoms with E-state index in [1.54, 1.807) is 12.1 Å². The molecular formula is C23H21N3O4. The van der Waals surface area contributed by atoms with Crippen molar-refractivity contribution in [3.05, 3.63) is 87.0 Å². The average molecular weight is 403 g/mol. The molecule has 7 nitrogen and oxygen atoms in total. The number of non-ortho nitro benzene ring substituents is 1. The van der Waals surface area contributed by atoms with E-state index in [1.165, 1.54) is 23.3 Å². The number of hydrogen-bond acceptors (Lipinski definition) is 6. The summed E-state index contributed by atoms with van der Waals surface area (Å²) in [5, 5.41) is 17.5. The van der Waals surface area contributed by atoms with Gasteiger partial charge in [0.2, 0.25) is 5.90 Å². The van der Waals surface area contributed by atoms with E-state index >= 15 is 0 Å². The Morgan fingerprint density at radius 2 is 1.70 bits per heavy atom. The highest BCUT2D eigenvalue weighted by atomic mass is 16.6. The number of esters is 1. The van der Waals surface area contributed by atoms with Crippen LogP contribution in [0.4, 0.5) is 5.69 Å². The molecule has 3 aliphatic rings. The first kappa shape index (κ1) is 18.5. The first-order valence-electron chi connectivity index (χ1n) is 10.2. The first-order chi connectivity index (χ1) is 14.6. The highest BCUT2D eigenvalue weighted by molar-refractivity contribution is 6.04. The molecule has 0 spiro atoms. The van der Waals surface area contributed by atoms with Crippen LogP contribution in [0, 0.1) is 10.1 Å². The maximum Gasteiger partial charge on any atom is 0.345 e. The zero-order valence-corrected chi connectivity index (χ0v) is 16.4. The van der Waals surface area contributed by atoms with Gasteiger partial charge in [0.05, 0.1) is 11.5 Å². The molecule has 0 saturated heterocycles. The molecule has 30 heavy (non-hydrogen) atoms. The number of carbonyl (C=O) groups excluding carboxylic acids is 1. The molecule has 0 aromatic heterocycles. The second-order valence-electron chi connectivity index (χ2n) is 7.97. The van der Waals surface area contributed by atoms with Crippen molar-refractivity contribution < 1.29 is 14.5 Å². The van der Waals surface area contributed by atoms with Crippen molar-refractivity contribution in [1.29, 1.82) is 0 Å². The minimum atomic E-state index is -0.971. The van der Waals surface area contributed by atoms with Gasteiger partial charge in [-0.05, 0) is 49.0 Å². The number of hydrazone groups is 1. The molecule has 0 amide bonds. The maximum atomic E-state index is 13.5. The number of nitrogens with zero attached hydrogens (tertiary/aromatic N) is 3. The Bertz CT molecular complexity index is 1080. The molecular weight excluding hydrogens is 382 g/mol. The highest BCUT2D eigenvalue weighted by Crippen LogP contribution is 2.47. The van der Waals surface area contributed by atoms with Gasteiger partial charge in [0.25, 0.3) is 5.69 Å². The lowest BCUT2D eigenvalue weighted by atomic mass is 9.74. The van der Waals surface area contributed by atoms with Gasteiger partial charge in [-0.2, -0.15) is 0 Å². The van der Waals surface area contributed by atoms with Crippen LogP contribution in [0.2, 0.25) is 0 Å². The molecule has 152 valence electrons. The van der Waals surface area contributed by atoms with Gasteiger partial charge in [-0.25, -0.2) is 4.79 Å². The van der Waals surface area contributed by atoms with E-state index in [2.05, 4.69) is 0 Å². The smallest absolute Gasteiger partial charge is 0.345 e. The zero-order chi connectivity index (χ0) is 20.7. The summed E-state index contributed by atoms with van der Waals surface area (Å²) in [6.07, 6.45) is 4.95. The highest BCUT2D eigenvalue weighted by Gasteiger charge is 2.53. The van der Waals surface area contributed by atoms with Gasteiger partial charge < -0.3 is 4.74 Å². The van der Waals surface area contributed by atoms with Gasteiger partial charge in [-0.1, -0.05) is 35.9 Å². The van der Waals surface area contributed by atoms with Gasteiger partial charge in [-0.15, -0.1) is 5.10 Å². The normalized spacial score (nSPS) is 23.3. The number of nitro groups is 1. The lowest BCUT2D eigenvalue weighted by Crippen LogP contribution is -2.57. The minimum absolute atomic E-state index is 0.0184. The summed E-state index contributed by atoms with van der Waals surface area (Å²) in [4.78, 5) is 24.0. The van der Waals surface area contributed by atoms with Gasteiger partial charge in [0.1, 0.15) is 0 Å². The van der Waals surface area contributed by atoms with Crippen LogP contribution < -0.4 is 0 Å². The van der Waals surface area contributed by atoms with Gasteiger partial charge in [0, 0.05) is 24.1 Å². The molecule has 2 aliphatic heterocycles. The third-order valence-electron chi connectivity index (χ3n) is 6.27. The number of ether oxygens (including phenoxy) is 1. The van der Waals surface area contributed by atoms with Gasteiger partial charge in [0.15, 0.2) is 5.54 Å². The second kappa shape index (κ2) is 7.09. The van der Waals surface area contributed by atoms with Crippen LogP contribution in [0.15, 0.2) is 70.8 Å². The fourth-order valence-electron chi connectivity index (χ4n) is 4.68. The van der Waals surface area contributed by atoms with Crippen LogP contribution in [-0.2, 0) is 15.1 Å². The van der Waals surface area contributed by atoms with E-state index in [1.807, 2.05) is 35.3 Å². The monoisotopic (exact) mass is 403 g/mol. The summed E-state index contributed by atoms with van der Waals surface area (Å²) in [7, 11) is 0. The number of rotatable bonds is 3. The van der Waals surface area contributed by atoms with Crippen LogP contribution in [0.3, 0.4) is 0 Å². The standard InChI is InChI=1S/C23H21N3O4/c27-22-23(19-8-2-1-3-9-19)14-17-6-4-5-7-18(17)15-25(23)24-21(30-22)16-10-12-20(13-11-16)26(28)29/h1-3,8-13H,4-7,14-15H2. The fourth-order valence-corrected chi connectivity index (χ4v) is 4.68. The molecule has 2 aromatic carbocycles. The Morgan fingerprint density at radius 1 is 1.00 bits per heavy atom. The second-order valence-corrected chi connectivity index (χ2v) is 7.97. The zero-order valence-electron chi connectivity index (χ0n) is 16.4. The lowest BCUT2D eigenvalue weighted by Gasteiger charge is -2.48. The third kappa shape index (κ3) is 2.89. The molecule has 0 saturated carbocycles. The number of benzene rings is 2. The Morgan fingerprint density at radius 3 is 2.40 bits per heavy atom. The van der Waals surface area contributed by atoms with Crippen molar-refractivity contribution in [3.63, 3.8) is 0 Å². The predicted molar refractivity (Wildman–Crippen MR) is 111 cm³/mol. The quantitative estimate of drug-likeness (QED) is 0.330. The van der Waals surface area contributed by atoms with Crippen molar-refractivity contribution in [2.24, 2.45) is 5.10 Å². The minimum Gasteiger partial charge on any atom is -0.403 e. The first-order valence-corrected chi connectivity index (χ1v) is 10.2. The molecule has 1 unspecified atom stereocenters. The van der Waals surface area contributed by atoms with Crippen LogP contribution in [-0.4, -0.2) is 28.3 Å². The summed E-state index contributed by atoms with van der Waals surface area (Å²) in [6, 6.07) is 15.6. The number of fused-ring (bicyclic) bond motifs is 1. The topological polar surface area (TPSA) is 85.0 Å². The van der Waals surface area contributed by atoms with Crippen LogP contribution in [0.25, 0.3) is 0 Å². The summed E-state index contributed by atoms with van der Waals surface area (Å²) in [6.45, 7) is 0.593. The van der Waals surface area contributed by atoms with Crippen molar-refractivity contribution in [1.82, 2.24) is 5.01 Å². The molecule has 7 heteroatoms. The summed E-state index contributed by atoms with van der Waals surface area (Å²) in [5.41, 5.74) is 3.15. The van der Waals surface area contributed by atoms with Crippen LogP contribution >= 0.6 is 0 Å². The maximum absolute atomic E-state index is 13.5. The predicted octanol–water partition coefficient (Wildman–Crippen LogP) is 4.29. The number of carbonyl (C=O) groups is 1. The molecule has 0 N–H and O–H groups in total. The molecule has 0 bridgehead atoms. The molecule has 0 radical (unpaired) electrons. The summed E-state index contributed by atoms with van der Waals surface area (Å²) < 4.78 is 5.76. The van der Waals surface area contributed by atoms with Crippen molar-refractivity contribution in [3.8, 4) is 0 Å². The van der Waals surface area contributed by atoms with Crippen LogP contribution in [0.5, 0.6) is 0 Å². The van der Waals surface area contributed by atoms with E-state index < -0.39 is 10.5 Å². The fraction of sp³-hybridized carbons (Fsp3) is 0.304. The third-order valence-corrected chi connectivity index (χ3v) is 6.27. The van der Waals surface area contributed by atoms with Gasteiger partial charge >= 0.3 is 5.97 Å². The lowest BCUT2D eigenvalue weighted by molar-refractivity contribution is -0.384. The number of cyclic esters (lactones) is 1. The molecule has 2 heterocycles. The number of hydrogen-bond donors (Lipinski definition) is 0. The van der Waals surface area contributed by atoms with Crippen LogP contribution in [0.1, 0.15) is 43.2 Å². The van der Waals surface area contributed by atoms with E-state index in [4.69, 9.17) is 9.84 Å². The summed E-state index contributed by atoms with van der Waals surface area (Å²) >= 11 is 0. The van der Waals surface area contributed by atoms with Crippen molar-refractivity contribution in [2.45, 2.75) is 37.6 Å². The molecule has 5 rings (SSSR count). The van der Waals surface area contributed by atoms with E-state index in [9.17, 15) is 14.9 Å². The Balaban J connectivity index is 1.60. The Kier molecular flexibility index (Phi) is 4.38. The molecule has 1 aliphatic carbocycles. The SMILES string of the molecule is O=C1OC(c2ccc([N+](=O)[O-])cc2)=NN2CC3=C(CCCC3)CC12c1ccccc1.